The molecule has 3 rings (SSSR count). The first kappa shape index (κ1) is 14.9. The Hall–Kier alpha value is -2.01. The van der Waals surface area contributed by atoms with Crippen LogP contribution in [0.1, 0.15) is 42.4 Å². The van der Waals surface area contributed by atoms with Crippen molar-refractivity contribution in [3.63, 3.8) is 0 Å². The van der Waals surface area contributed by atoms with Gasteiger partial charge in [-0.2, -0.15) is 0 Å². The number of hydrogen-bond donors (Lipinski definition) is 0. The molecule has 0 amide bonds. The van der Waals surface area contributed by atoms with Gasteiger partial charge in [-0.3, -0.25) is 9.88 Å². The zero-order valence-electron chi connectivity index (χ0n) is 13.4. The van der Waals surface area contributed by atoms with Crippen molar-refractivity contribution < 1.29 is 4.74 Å². The SMILES string of the molecule is COc1ccncc1CN1CCc2nc(C(C)C)ncc2C1. The van der Waals surface area contributed by atoms with Gasteiger partial charge in [0.15, 0.2) is 0 Å². The smallest absolute Gasteiger partial charge is 0.131 e. The molecule has 2 aromatic rings. The van der Waals surface area contributed by atoms with Gasteiger partial charge in [0.2, 0.25) is 0 Å². The minimum atomic E-state index is 0.378. The van der Waals surface area contributed by atoms with E-state index in [0.717, 1.165) is 43.2 Å². The second-order valence-corrected chi connectivity index (χ2v) is 6.00. The molecule has 1 aliphatic rings. The summed E-state index contributed by atoms with van der Waals surface area (Å²) in [5, 5.41) is 0. The Kier molecular flexibility index (Phi) is 4.34. The second kappa shape index (κ2) is 6.40. The van der Waals surface area contributed by atoms with Gasteiger partial charge in [-0.05, 0) is 6.07 Å². The molecule has 0 fully saturated rings. The number of aromatic nitrogens is 3. The van der Waals surface area contributed by atoms with E-state index < -0.39 is 0 Å². The van der Waals surface area contributed by atoms with Crippen molar-refractivity contribution in [3.8, 4) is 5.75 Å². The van der Waals surface area contributed by atoms with Gasteiger partial charge in [0.1, 0.15) is 11.6 Å². The molecule has 5 heteroatoms. The average Bonchev–Trinajstić information content (AvgIpc) is 2.54. The third-order valence-corrected chi connectivity index (χ3v) is 4.02. The van der Waals surface area contributed by atoms with Crippen LogP contribution in [0.2, 0.25) is 0 Å². The average molecular weight is 298 g/mol. The molecule has 0 spiro atoms. The Bertz CT molecular complexity index is 657. The summed E-state index contributed by atoms with van der Waals surface area (Å²) in [5.41, 5.74) is 3.56. The number of ether oxygens (including phenoxy) is 1. The molecule has 5 nitrogen and oxygen atoms in total. The first-order valence-corrected chi connectivity index (χ1v) is 7.71. The Balaban J connectivity index is 1.74. The van der Waals surface area contributed by atoms with Crippen molar-refractivity contribution >= 4 is 0 Å². The third-order valence-electron chi connectivity index (χ3n) is 4.02. The van der Waals surface area contributed by atoms with Crippen molar-refractivity contribution in [2.75, 3.05) is 13.7 Å². The maximum Gasteiger partial charge on any atom is 0.131 e. The largest absolute Gasteiger partial charge is 0.496 e. The maximum atomic E-state index is 5.41. The maximum absolute atomic E-state index is 5.41. The van der Waals surface area contributed by atoms with Crippen LogP contribution in [0.4, 0.5) is 0 Å². The minimum absolute atomic E-state index is 0.378. The molecular weight excluding hydrogens is 276 g/mol. The molecule has 1 aliphatic heterocycles. The summed E-state index contributed by atoms with van der Waals surface area (Å²) in [6.45, 7) is 6.98. The van der Waals surface area contributed by atoms with Gasteiger partial charge >= 0.3 is 0 Å². The number of hydrogen-bond acceptors (Lipinski definition) is 5. The zero-order valence-corrected chi connectivity index (χ0v) is 13.4. The van der Waals surface area contributed by atoms with Crippen molar-refractivity contribution in [2.45, 2.75) is 39.3 Å². The number of fused-ring (bicyclic) bond motifs is 1. The standard InChI is InChI=1S/C17H22N4O/c1-12(2)17-19-9-13-10-21(7-5-15(13)20-17)11-14-8-18-6-4-16(14)22-3/h4,6,8-9,12H,5,7,10-11H2,1-3H3. The van der Waals surface area contributed by atoms with E-state index in [0.29, 0.717) is 5.92 Å². The Labute approximate surface area is 131 Å². The van der Waals surface area contributed by atoms with E-state index >= 15 is 0 Å². The summed E-state index contributed by atoms with van der Waals surface area (Å²) in [6.07, 6.45) is 6.60. The third kappa shape index (κ3) is 3.09. The highest BCUT2D eigenvalue weighted by Crippen LogP contribution is 2.23. The lowest BCUT2D eigenvalue weighted by molar-refractivity contribution is 0.238. The molecule has 22 heavy (non-hydrogen) atoms. The van der Waals surface area contributed by atoms with Crippen LogP contribution >= 0.6 is 0 Å². The van der Waals surface area contributed by atoms with Crippen LogP contribution in [-0.4, -0.2) is 33.5 Å². The predicted octanol–water partition coefficient (Wildman–Crippen LogP) is 2.56. The van der Waals surface area contributed by atoms with Crippen molar-refractivity contribution in [1.82, 2.24) is 19.9 Å². The van der Waals surface area contributed by atoms with Gasteiger partial charge in [0, 0.05) is 67.4 Å². The summed E-state index contributed by atoms with van der Waals surface area (Å²) in [6, 6.07) is 1.91. The summed E-state index contributed by atoms with van der Waals surface area (Å²) < 4.78 is 5.41. The van der Waals surface area contributed by atoms with E-state index in [4.69, 9.17) is 9.72 Å². The monoisotopic (exact) mass is 298 g/mol. The molecule has 0 aliphatic carbocycles. The molecule has 3 heterocycles. The van der Waals surface area contributed by atoms with Gasteiger partial charge in [0.25, 0.3) is 0 Å². The van der Waals surface area contributed by atoms with Crippen LogP contribution in [-0.2, 0) is 19.5 Å². The molecule has 0 N–H and O–H groups in total. The van der Waals surface area contributed by atoms with Crippen molar-refractivity contribution in [3.05, 3.63) is 47.3 Å². The minimum Gasteiger partial charge on any atom is -0.496 e. The molecule has 2 aromatic heterocycles. The number of methoxy groups -OCH3 is 1. The van der Waals surface area contributed by atoms with Crippen LogP contribution in [0.3, 0.4) is 0 Å². The van der Waals surface area contributed by atoms with E-state index in [1.165, 1.54) is 11.3 Å². The van der Waals surface area contributed by atoms with E-state index in [1.54, 1.807) is 13.3 Å². The van der Waals surface area contributed by atoms with E-state index in [9.17, 15) is 0 Å². The van der Waals surface area contributed by atoms with Gasteiger partial charge in [-0.25, -0.2) is 9.97 Å². The van der Waals surface area contributed by atoms with Crippen LogP contribution in [0.15, 0.2) is 24.7 Å². The molecular formula is C17H22N4O. The first-order valence-electron chi connectivity index (χ1n) is 7.71. The predicted molar refractivity (Wildman–Crippen MR) is 84.7 cm³/mol. The van der Waals surface area contributed by atoms with Gasteiger partial charge < -0.3 is 4.74 Å². The van der Waals surface area contributed by atoms with Gasteiger partial charge in [-0.1, -0.05) is 13.8 Å². The fraction of sp³-hybridized carbons (Fsp3) is 0.471. The highest BCUT2D eigenvalue weighted by Gasteiger charge is 2.20. The van der Waals surface area contributed by atoms with Gasteiger partial charge in [-0.15, -0.1) is 0 Å². The fourth-order valence-electron chi connectivity index (χ4n) is 2.78. The molecule has 0 aromatic carbocycles. The molecule has 0 bridgehead atoms. The topological polar surface area (TPSA) is 51.1 Å². The summed E-state index contributed by atoms with van der Waals surface area (Å²) in [5.74, 6) is 2.22. The van der Waals surface area contributed by atoms with Crippen LogP contribution in [0.5, 0.6) is 5.75 Å². The van der Waals surface area contributed by atoms with Gasteiger partial charge in [0.05, 0.1) is 7.11 Å². The van der Waals surface area contributed by atoms with Crippen molar-refractivity contribution in [1.29, 1.82) is 0 Å². The fourth-order valence-corrected chi connectivity index (χ4v) is 2.78. The quantitative estimate of drug-likeness (QED) is 0.868. The zero-order chi connectivity index (χ0) is 15.5. The molecule has 0 saturated heterocycles. The molecule has 116 valence electrons. The van der Waals surface area contributed by atoms with Crippen LogP contribution in [0.25, 0.3) is 0 Å². The number of nitrogens with zero attached hydrogens (tertiary/aromatic N) is 4. The summed E-state index contributed by atoms with van der Waals surface area (Å²) >= 11 is 0. The normalized spacial score (nSPS) is 14.9. The number of pyridine rings is 1. The molecule has 0 radical (unpaired) electrons. The lowest BCUT2D eigenvalue weighted by atomic mass is 10.1. The summed E-state index contributed by atoms with van der Waals surface area (Å²) in [4.78, 5) is 15.8. The second-order valence-electron chi connectivity index (χ2n) is 6.00. The Morgan fingerprint density at radius 2 is 2.18 bits per heavy atom. The van der Waals surface area contributed by atoms with Crippen LogP contribution < -0.4 is 4.74 Å². The molecule has 0 atom stereocenters. The van der Waals surface area contributed by atoms with E-state index in [2.05, 4.69) is 28.7 Å². The molecule has 0 unspecified atom stereocenters. The van der Waals surface area contributed by atoms with Crippen LogP contribution in [0, 0.1) is 0 Å². The number of rotatable bonds is 4. The van der Waals surface area contributed by atoms with E-state index in [1.807, 2.05) is 18.5 Å². The highest BCUT2D eigenvalue weighted by molar-refractivity contribution is 5.30. The first-order chi connectivity index (χ1) is 10.7. The Morgan fingerprint density at radius 3 is 2.95 bits per heavy atom. The highest BCUT2D eigenvalue weighted by atomic mass is 16.5. The van der Waals surface area contributed by atoms with E-state index in [-0.39, 0.29) is 0 Å². The lowest BCUT2D eigenvalue weighted by Crippen LogP contribution is -2.31. The Morgan fingerprint density at radius 1 is 1.32 bits per heavy atom. The van der Waals surface area contributed by atoms with Crippen molar-refractivity contribution in [2.24, 2.45) is 0 Å². The molecule has 0 saturated carbocycles. The summed E-state index contributed by atoms with van der Waals surface area (Å²) in [7, 11) is 1.70. The lowest BCUT2D eigenvalue weighted by Gasteiger charge is -2.28.